The molecule has 0 bridgehead atoms. The van der Waals surface area contributed by atoms with Crippen LogP contribution in [-0.2, 0) is 12.7 Å². The molecule has 2 aliphatic rings. The van der Waals surface area contributed by atoms with Crippen molar-refractivity contribution in [1.29, 1.82) is 0 Å². The first-order valence-electron chi connectivity index (χ1n) is 9.16. The fraction of sp³-hybridized carbons (Fsp3) is 0.474. The minimum Gasteiger partial charge on any atom is -0.334 e. The predicted octanol–water partition coefficient (Wildman–Crippen LogP) is 4.02. The Labute approximate surface area is 159 Å². The van der Waals surface area contributed by atoms with Gasteiger partial charge in [-0.2, -0.15) is 13.2 Å². The maximum absolute atomic E-state index is 13.9. The van der Waals surface area contributed by atoms with E-state index in [0.29, 0.717) is 19.5 Å². The van der Waals surface area contributed by atoms with Crippen LogP contribution in [0.5, 0.6) is 0 Å². The lowest BCUT2D eigenvalue weighted by molar-refractivity contribution is -0.141. The molecule has 1 atom stereocenters. The van der Waals surface area contributed by atoms with Crippen LogP contribution in [-0.4, -0.2) is 40.0 Å². The predicted molar refractivity (Wildman–Crippen MR) is 92.6 cm³/mol. The van der Waals surface area contributed by atoms with E-state index in [0.717, 1.165) is 37.2 Å². The average molecular weight is 398 g/mol. The molecule has 0 radical (unpaired) electrons. The Morgan fingerprint density at radius 1 is 1.07 bits per heavy atom. The first-order valence-corrected chi connectivity index (χ1v) is 9.16. The molecule has 1 saturated heterocycles. The van der Waals surface area contributed by atoms with Crippen LogP contribution in [0.3, 0.4) is 0 Å². The summed E-state index contributed by atoms with van der Waals surface area (Å²) in [5, 5.41) is 0. The quantitative estimate of drug-likeness (QED) is 0.713. The van der Waals surface area contributed by atoms with E-state index in [9.17, 15) is 22.0 Å². The molecule has 1 unspecified atom stereocenters. The van der Waals surface area contributed by atoms with Crippen molar-refractivity contribution in [3.05, 3.63) is 53.4 Å². The first-order chi connectivity index (χ1) is 13.3. The number of hydrogen-bond acceptors (Lipinski definition) is 4. The van der Waals surface area contributed by atoms with Crippen molar-refractivity contribution in [3.63, 3.8) is 0 Å². The third-order valence-electron chi connectivity index (χ3n) is 5.15. The largest absolute Gasteiger partial charge is 0.433 e. The summed E-state index contributed by atoms with van der Waals surface area (Å²) < 4.78 is 66.4. The highest BCUT2D eigenvalue weighted by Gasteiger charge is 2.40. The van der Waals surface area contributed by atoms with Gasteiger partial charge in [0.1, 0.15) is 17.3 Å². The molecule has 1 saturated carbocycles. The maximum atomic E-state index is 13.9. The van der Waals surface area contributed by atoms with Crippen LogP contribution in [0.25, 0.3) is 0 Å². The van der Waals surface area contributed by atoms with Crippen LogP contribution in [0, 0.1) is 11.6 Å². The Kier molecular flexibility index (Phi) is 4.95. The highest BCUT2D eigenvalue weighted by molar-refractivity contribution is 5.37. The summed E-state index contributed by atoms with van der Waals surface area (Å²) >= 11 is 0. The van der Waals surface area contributed by atoms with Gasteiger partial charge in [-0.05, 0) is 43.5 Å². The molecule has 1 aromatic carbocycles. The SMILES string of the molecule is Fc1ccc(F)c(CN2CCC(N(c3nccc(C(F)(F)F)n3)C3CC3)C2)c1. The summed E-state index contributed by atoms with van der Waals surface area (Å²) in [5.74, 6) is -0.879. The topological polar surface area (TPSA) is 32.3 Å². The minimum absolute atomic E-state index is 0.0624. The monoisotopic (exact) mass is 398 g/mol. The zero-order valence-corrected chi connectivity index (χ0v) is 15.0. The van der Waals surface area contributed by atoms with Gasteiger partial charge < -0.3 is 4.90 Å². The first kappa shape index (κ1) is 19.0. The third-order valence-corrected chi connectivity index (χ3v) is 5.15. The van der Waals surface area contributed by atoms with Crippen molar-refractivity contribution in [2.45, 2.75) is 44.1 Å². The lowest BCUT2D eigenvalue weighted by Crippen LogP contribution is -2.40. The van der Waals surface area contributed by atoms with E-state index >= 15 is 0 Å². The molecule has 2 heterocycles. The highest BCUT2D eigenvalue weighted by atomic mass is 19.4. The summed E-state index contributed by atoms with van der Waals surface area (Å²) in [7, 11) is 0. The number of rotatable bonds is 5. The second kappa shape index (κ2) is 7.27. The molecule has 1 aromatic heterocycles. The molecule has 150 valence electrons. The van der Waals surface area contributed by atoms with Crippen LogP contribution in [0.1, 0.15) is 30.5 Å². The molecule has 1 aliphatic heterocycles. The second-order valence-corrected chi connectivity index (χ2v) is 7.29. The average Bonchev–Trinajstić information content (AvgIpc) is 3.37. The van der Waals surface area contributed by atoms with Crippen molar-refractivity contribution >= 4 is 5.95 Å². The molecular weight excluding hydrogens is 379 g/mol. The zero-order valence-electron chi connectivity index (χ0n) is 15.0. The highest BCUT2D eigenvalue weighted by Crippen LogP contribution is 2.36. The van der Waals surface area contributed by atoms with Crippen molar-refractivity contribution in [2.24, 2.45) is 0 Å². The van der Waals surface area contributed by atoms with E-state index in [4.69, 9.17) is 0 Å². The van der Waals surface area contributed by atoms with Crippen molar-refractivity contribution in [2.75, 3.05) is 18.0 Å². The second-order valence-electron chi connectivity index (χ2n) is 7.29. The number of benzene rings is 1. The standard InChI is InChI=1S/C19H19F5N4/c20-13-1-4-16(21)12(9-13)10-27-8-6-15(11-27)28(14-2-3-14)18-25-7-5-17(26-18)19(22,23)24/h1,4-5,7,9,14-15H,2-3,6,8,10-11H2. The van der Waals surface area contributed by atoms with Crippen molar-refractivity contribution in [1.82, 2.24) is 14.9 Å². The van der Waals surface area contributed by atoms with E-state index in [1.165, 1.54) is 6.07 Å². The molecule has 9 heteroatoms. The van der Waals surface area contributed by atoms with E-state index in [2.05, 4.69) is 9.97 Å². The van der Waals surface area contributed by atoms with Gasteiger partial charge in [0.2, 0.25) is 5.95 Å². The lowest BCUT2D eigenvalue weighted by Gasteiger charge is -2.29. The number of hydrogen-bond donors (Lipinski definition) is 0. The summed E-state index contributed by atoms with van der Waals surface area (Å²) in [4.78, 5) is 11.7. The van der Waals surface area contributed by atoms with E-state index in [-0.39, 0.29) is 30.1 Å². The van der Waals surface area contributed by atoms with Gasteiger partial charge in [0.25, 0.3) is 0 Å². The Morgan fingerprint density at radius 2 is 1.86 bits per heavy atom. The molecule has 0 amide bonds. The summed E-state index contributed by atoms with van der Waals surface area (Å²) in [5.41, 5.74) is -0.686. The molecular formula is C19H19F5N4. The minimum atomic E-state index is -4.52. The fourth-order valence-corrected chi connectivity index (χ4v) is 3.70. The summed E-state index contributed by atoms with van der Waals surface area (Å²) in [6, 6.07) is 4.28. The van der Waals surface area contributed by atoms with Gasteiger partial charge in [0.15, 0.2) is 0 Å². The van der Waals surface area contributed by atoms with Crippen LogP contribution in [0.2, 0.25) is 0 Å². The van der Waals surface area contributed by atoms with Crippen LogP contribution in [0.15, 0.2) is 30.5 Å². The molecule has 1 aliphatic carbocycles. The van der Waals surface area contributed by atoms with E-state index in [1.807, 2.05) is 9.80 Å². The molecule has 2 fully saturated rings. The number of likely N-dealkylation sites (tertiary alicyclic amines) is 1. The Bertz CT molecular complexity index is 852. The van der Waals surface area contributed by atoms with Gasteiger partial charge >= 0.3 is 6.18 Å². The molecule has 0 N–H and O–H groups in total. The number of aromatic nitrogens is 2. The molecule has 2 aromatic rings. The van der Waals surface area contributed by atoms with E-state index in [1.54, 1.807) is 0 Å². The summed E-state index contributed by atoms with van der Waals surface area (Å²) in [6.45, 7) is 1.43. The number of anilines is 1. The summed E-state index contributed by atoms with van der Waals surface area (Å²) in [6.07, 6.45) is -0.921. The smallest absolute Gasteiger partial charge is 0.334 e. The van der Waals surface area contributed by atoms with E-state index < -0.39 is 23.5 Å². The van der Waals surface area contributed by atoms with Gasteiger partial charge in [0, 0.05) is 43.5 Å². The van der Waals surface area contributed by atoms with Crippen molar-refractivity contribution in [3.8, 4) is 0 Å². The molecule has 28 heavy (non-hydrogen) atoms. The Balaban J connectivity index is 1.50. The van der Waals surface area contributed by atoms with Gasteiger partial charge in [-0.15, -0.1) is 0 Å². The van der Waals surface area contributed by atoms with Gasteiger partial charge in [-0.1, -0.05) is 0 Å². The Morgan fingerprint density at radius 3 is 2.57 bits per heavy atom. The normalized spacial score (nSPS) is 20.5. The Hall–Kier alpha value is -2.29. The van der Waals surface area contributed by atoms with Crippen LogP contribution < -0.4 is 4.90 Å². The fourth-order valence-electron chi connectivity index (χ4n) is 3.70. The number of halogens is 5. The van der Waals surface area contributed by atoms with Crippen LogP contribution in [0.4, 0.5) is 27.9 Å². The number of alkyl halides is 3. The lowest BCUT2D eigenvalue weighted by atomic mass is 10.2. The van der Waals surface area contributed by atoms with Crippen molar-refractivity contribution < 1.29 is 22.0 Å². The van der Waals surface area contributed by atoms with Gasteiger partial charge in [-0.25, -0.2) is 18.7 Å². The number of nitrogens with zero attached hydrogens (tertiary/aromatic N) is 4. The van der Waals surface area contributed by atoms with Crippen LogP contribution >= 0.6 is 0 Å². The maximum Gasteiger partial charge on any atom is 0.433 e. The third kappa shape index (κ3) is 4.09. The molecule has 4 nitrogen and oxygen atoms in total. The van der Waals surface area contributed by atoms with Gasteiger partial charge in [-0.3, -0.25) is 4.90 Å². The van der Waals surface area contributed by atoms with Gasteiger partial charge in [0.05, 0.1) is 0 Å². The zero-order chi connectivity index (χ0) is 19.9. The molecule has 4 rings (SSSR count). The molecule has 0 spiro atoms.